The van der Waals surface area contributed by atoms with Gasteiger partial charge in [0, 0.05) is 17.5 Å². The second kappa shape index (κ2) is 4.83. The molecular weight excluding hydrogens is 241 g/mol. The maximum Gasteiger partial charge on any atom is 0.138 e. The monoisotopic (exact) mass is 257 g/mol. The predicted octanol–water partition coefficient (Wildman–Crippen LogP) is 3.35. The highest BCUT2D eigenvalue weighted by Gasteiger charge is 2.35. The molecule has 94 valence electrons. The molecule has 0 atom stereocenters. The smallest absolute Gasteiger partial charge is 0.138 e. The van der Waals surface area contributed by atoms with E-state index in [2.05, 4.69) is 0 Å². The lowest BCUT2D eigenvalue weighted by Gasteiger charge is -2.37. The Morgan fingerprint density at radius 1 is 1.29 bits per heavy atom. The third kappa shape index (κ3) is 2.26. The highest BCUT2D eigenvalue weighted by Crippen LogP contribution is 2.44. The Morgan fingerprint density at radius 2 is 1.94 bits per heavy atom. The van der Waals surface area contributed by atoms with Gasteiger partial charge >= 0.3 is 0 Å². The Bertz CT molecular complexity index is 416. The molecule has 1 aromatic carbocycles. The quantitative estimate of drug-likeness (QED) is 0.854. The van der Waals surface area contributed by atoms with Crippen LogP contribution in [-0.4, -0.2) is 11.7 Å². The molecule has 0 spiro atoms. The van der Waals surface area contributed by atoms with Gasteiger partial charge in [0.25, 0.3) is 0 Å². The highest BCUT2D eigenvalue weighted by atomic mass is 35.5. The van der Waals surface area contributed by atoms with E-state index < -0.39 is 5.82 Å². The summed E-state index contributed by atoms with van der Waals surface area (Å²) < 4.78 is 13.4. The topological polar surface area (TPSA) is 46.2 Å². The molecule has 1 aliphatic rings. The van der Waals surface area contributed by atoms with Crippen molar-refractivity contribution in [2.75, 3.05) is 6.54 Å². The Morgan fingerprint density at radius 3 is 2.53 bits per heavy atom. The molecule has 0 radical (unpaired) electrons. The van der Waals surface area contributed by atoms with Crippen molar-refractivity contribution in [3.63, 3.8) is 0 Å². The van der Waals surface area contributed by atoms with E-state index in [1.54, 1.807) is 0 Å². The second-order valence-electron chi connectivity index (χ2n) is 4.83. The lowest BCUT2D eigenvalue weighted by molar-refractivity contribution is 0.290. The summed E-state index contributed by atoms with van der Waals surface area (Å²) in [6.07, 6.45) is 5.06. The summed E-state index contributed by atoms with van der Waals surface area (Å²) in [5, 5.41) is 10.1. The molecule has 1 aromatic rings. The molecule has 1 fully saturated rings. The van der Waals surface area contributed by atoms with Crippen LogP contribution in [0.4, 0.5) is 4.39 Å². The van der Waals surface area contributed by atoms with Crippen molar-refractivity contribution in [3.05, 3.63) is 28.5 Å². The zero-order chi connectivity index (χ0) is 12.5. The average molecular weight is 258 g/mol. The zero-order valence-corrected chi connectivity index (χ0v) is 10.4. The van der Waals surface area contributed by atoms with Crippen LogP contribution in [0.5, 0.6) is 5.75 Å². The van der Waals surface area contributed by atoms with Crippen molar-refractivity contribution in [2.45, 2.75) is 37.5 Å². The van der Waals surface area contributed by atoms with E-state index in [9.17, 15) is 9.50 Å². The molecule has 0 amide bonds. The van der Waals surface area contributed by atoms with E-state index in [1.807, 2.05) is 0 Å². The number of aromatic hydroxyl groups is 1. The van der Waals surface area contributed by atoms with E-state index in [0.717, 1.165) is 31.7 Å². The SMILES string of the molecule is NCC1(c2cc(F)cc(Cl)c2O)CCCCC1. The Balaban J connectivity index is 2.49. The third-order valence-electron chi connectivity index (χ3n) is 3.80. The first-order valence-electron chi connectivity index (χ1n) is 5.98. The van der Waals surface area contributed by atoms with Crippen LogP contribution >= 0.6 is 11.6 Å². The fourth-order valence-corrected chi connectivity index (χ4v) is 2.99. The second-order valence-corrected chi connectivity index (χ2v) is 5.24. The summed E-state index contributed by atoms with van der Waals surface area (Å²) in [6.45, 7) is 0.417. The summed E-state index contributed by atoms with van der Waals surface area (Å²) >= 11 is 5.83. The molecule has 0 bridgehead atoms. The largest absolute Gasteiger partial charge is 0.506 e. The molecule has 0 heterocycles. The molecule has 17 heavy (non-hydrogen) atoms. The van der Waals surface area contributed by atoms with Crippen molar-refractivity contribution >= 4 is 11.6 Å². The van der Waals surface area contributed by atoms with Gasteiger partial charge in [0.15, 0.2) is 0 Å². The van der Waals surface area contributed by atoms with Gasteiger partial charge in [0.1, 0.15) is 11.6 Å². The summed E-state index contributed by atoms with van der Waals surface area (Å²) in [5.74, 6) is -0.429. The summed E-state index contributed by atoms with van der Waals surface area (Å²) in [5.41, 5.74) is 6.13. The van der Waals surface area contributed by atoms with Gasteiger partial charge in [-0.15, -0.1) is 0 Å². The third-order valence-corrected chi connectivity index (χ3v) is 4.09. The molecule has 2 nitrogen and oxygen atoms in total. The molecule has 0 aromatic heterocycles. The number of benzene rings is 1. The summed E-state index contributed by atoms with van der Waals surface area (Å²) in [4.78, 5) is 0. The normalized spacial score (nSPS) is 19.2. The van der Waals surface area contributed by atoms with Crippen LogP contribution in [0, 0.1) is 5.82 Å². The minimum absolute atomic E-state index is 0.0135. The standard InChI is InChI=1S/C13H17ClFNO/c14-11-7-9(15)6-10(12(11)17)13(8-16)4-2-1-3-5-13/h6-7,17H,1-5,8,16H2. The van der Waals surface area contributed by atoms with Gasteiger partial charge in [-0.25, -0.2) is 4.39 Å². The minimum atomic E-state index is -0.416. The number of phenols is 1. The van der Waals surface area contributed by atoms with E-state index >= 15 is 0 Å². The van der Waals surface area contributed by atoms with E-state index in [0.29, 0.717) is 12.1 Å². The van der Waals surface area contributed by atoms with Crippen LogP contribution < -0.4 is 5.73 Å². The molecular formula is C13H17ClFNO. The maximum atomic E-state index is 13.4. The molecule has 1 aliphatic carbocycles. The molecule has 2 rings (SSSR count). The van der Waals surface area contributed by atoms with Gasteiger partial charge in [-0.2, -0.15) is 0 Å². The molecule has 1 saturated carbocycles. The number of hydrogen-bond acceptors (Lipinski definition) is 2. The Labute approximate surface area is 106 Å². The fourth-order valence-electron chi connectivity index (χ4n) is 2.78. The number of halogens is 2. The predicted molar refractivity (Wildman–Crippen MR) is 66.9 cm³/mol. The van der Waals surface area contributed by atoms with E-state index in [-0.39, 0.29) is 16.2 Å². The molecule has 0 aliphatic heterocycles. The maximum absolute atomic E-state index is 13.4. The van der Waals surface area contributed by atoms with Gasteiger partial charge in [-0.1, -0.05) is 30.9 Å². The summed E-state index contributed by atoms with van der Waals surface area (Å²) in [6, 6.07) is 2.51. The number of hydrogen-bond donors (Lipinski definition) is 2. The van der Waals surface area contributed by atoms with Crippen LogP contribution in [0.25, 0.3) is 0 Å². The van der Waals surface area contributed by atoms with Gasteiger partial charge in [-0.3, -0.25) is 0 Å². The molecule has 0 saturated heterocycles. The Hall–Kier alpha value is -0.800. The average Bonchev–Trinajstić information content (AvgIpc) is 2.34. The van der Waals surface area contributed by atoms with Gasteiger partial charge in [0.2, 0.25) is 0 Å². The lowest BCUT2D eigenvalue weighted by Crippen LogP contribution is -2.37. The van der Waals surface area contributed by atoms with Crippen LogP contribution in [-0.2, 0) is 5.41 Å². The zero-order valence-electron chi connectivity index (χ0n) is 9.68. The number of phenolic OH excluding ortho intramolecular Hbond substituents is 1. The van der Waals surface area contributed by atoms with Crippen molar-refractivity contribution < 1.29 is 9.50 Å². The van der Waals surface area contributed by atoms with Crippen molar-refractivity contribution in [2.24, 2.45) is 5.73 Å². The molecule has 0 unspecified atom stereocenters. The molecule has 4 heteroatoms. The Kier molecular flexibility index (Phi) is 3.59. The van der Waals surface area contributed by atoms with Crippen molar-refractivity contribution in [1.29, 1.82) is 0 Å². The summed E-state index contributed by atoms with van der Waals surface area (Å²) in [7, 11) is 0. The van der Waals surface area contributed by atoms with Crippen molar-refractivity contribution in [3.8, 4) is 5.75 Å². The van der Waals surface area contributed by atoms with E-state index in [1.165, 1.54) is 12.5 Å². The first-order valence-corrected chi connectivity index (χ1v) is 6.35. The molecule has 3 N–H and O–H groups in total. The minimum Gasteiger partial charge on any atom is -0.506 e. The first-order chi connectivity index (χ1) is 8.09. The number of rotatable bonds is 2. The van der Waals surface area contributed by atoms with Crippen LogP contribution in [0.1, 0.15) is 37.7 Å². The fraction of sp³-hybridized carbons (Fsp3) is 0.538. The number of nitrogens with two attached hydrogens (primary N) is 1. The van der Waals surface area contributed by atoms with Gasteiger partial charge in [-0.05, 0) is 25.0 Å². The van der Waals surface area contributed by atoms with Crippen LogP contribution in [0.15, 0.2) is 12.1 Å². The van der Waals surface area contributed by atoms with Crippen LogP contribution in [0.2, 0.25) is 5.02 Å². The van der Waals surface area contributed by atoms with Crippen molar-refractivity contribution in [1.82, 2.24) is 0 Å². The van der Waals surface area contributed by atoms with E-state index in [4.69, 9.17) is 17.3 Å². The van der Waals surface area contributed by atoms with Gasteiger partial charge in [0.05, 0.1) is 5.02 Å². The first kappa shape index (κ1) is 12.7. The lowest BCUT2D eigenvalue weighted by atomic mass is 9.69. The highest BCUT2D eigenvalue weighted by molar-refractivity contribution is 6.32. The van der Waals surface area contributed by atoms with Crippen LogP contribution in [0.3, 0.4) is 0 Å². The van der Waals surface area contributed by atoms with Gasteiger partial charge < -0.3 is 10.8 Å².